The second-order valence-electron chi connectivity index (χ2n) is 5.70. The molecule has 0 radical (unpaired) electrons. The summed E-state index contributed by atoms with van der Waals surface area (Å²) in [5, 5.41) is 3.79. The number of carbonyl (C=O) groups excluding carboxylic acids is 2. The monoisotopic (exact) mass is 305 g/mol. The fourth-order valence-electron chi connectivity index (χ4n) is 3.05. The van der Waals surface area contributed by atoms with Gasteiger partial charge in [0, 0.05) is 23.7 Å². The number of pyridine rings is 1. The molecule has 1 amide bonds. The summed E-state index contributed by atoms with van der Waals surface area (Å²) in [4.78, 5) is 32.0. The molecule has 1 aliphatic carbocycles. The van der Waals surface area contributed by atoms with Gasteiger partial charge in [-0.2, -0.15) is 0 Å². The van der Waals surface area contributed by atoms with Crippen molar-refractivity contribution in [1.82, 2.24) is 9.97 Å². The molecule has 1 aromatic carbocycles. The van der Waals surface area contributed by atoms with Gasteiger partial charge in [0.1, 0.15) is 0 Å². The summed E-state index contributed by atoms with van der Waals surface area (Å²) in [5.41, 5.74) is 3.31. The van der Waals surface area contributed by atoms with Crippen LogP contribution in [0.4, 0.5) is 5.69 Å². The minimum absolute atomic E-state index is 0.0364. The van der Waals surface area contributed by atoms with Gasteiger partial charge in [0.15, 0.2) is 5.78 Å². The van der Waals surface area contributed by atoms with Gasteiger partial charge in [-0.15, -0.1) is 0 Å². The number of para-hydroxylation sites is 1. The molecule has 5 nitrogen and oxygen atoms in total. The highest BCUT2D eigenvalue weighted by Gasteiger charge is 2.25. The molecule has 0 bridgehead atoms. The number of ketones is 1. The van der Waals surface area contributed by atoms with Crippen LogP contribution in [0.3, 0.4) is 0 Å². The Balaban J connectivity index is 1.65. The molecule has 1 aliphatic rings. The maximum atomic E-state index is 12.5. The van der Waals surface area contributed by atoms with Crippen molar-refractivity contribution in [3.63, 3.8) is 0 Å². The molecule has 0 unspecified atom stereocenters. The predicted octanol–water partition coefficient (Wildman–Crippen LogP) is 3.33. The molecule has 23 heavy (non-hydrogen) atoms. The summed E-state index contributed by atoms with van der Waals surface area (Å²) in [6, 6.07) is 9.59. The van der Waals surface area contributed by atoms with E-state index in [1.165, 1.54) is 0 Å². The number of hydrogen-bond donors (Lipinski definition) is 2. The highest BCUT2D eigenvalue weighted by atomic mass is 16.2. The molecule has 0 spiro atoms. The van der Waals surface area contributed by atoms with Gasteiger partial charge in [-0.05, 0) is 25.0 Å². The standard InChI is InChI=1S/C18H15N3O2/c22-16-7-3-6-15-17(16)13(10-20-15)18(23)21-12-8-11-4-1-2-5-14(11)19-9-12/h1-2,4-5,8-10,20H,3,6-7H2,(H,21,23). The van der Waals surface area contributed by atoms with E-state index >= 15 is 0 Å². The number of Topliss-reactive ketones (excluding diaryl/α,β-unsaturated/α-hetero) is 1. The summed E-state index contributed by atoms with van der Waals surface area (Å²) in [5.74, 6) is -0.246. The number of H-pyrrole nitrogens is 1. The van der Waals surface area contributed by atoms with Gasteiger partial charge < -0.3 is 10.3 Å². The maximum Gasteiger partial charge on any atom is 0.257 e. The number of hydrogen-bond acceptors (Lipinski definition) is 3. The number of nitrogens with zero attached hydrogens (tertiary/aromatic N) is 1. The highest BCUT2D eigenvalue weighted by Crippen LogP contribution is 2.25. The highest BCUT2D eigenvalue weighted by molar-refractivity contribution is 6.13. The summed E-state index contributed by atoms with van der Waals surface area (Å²) in [6.07, 6.45) is 5.40. The molecule has 0 saturated carbocycles. The molecule has 5 heteroatoms. The third-order valence-corrected chi connectivity index (χ3v) is 4.16. The van der Waals surface area contributed by atoms with Gasteiger partial charge in [0.25, 0.3) is 5.91 Å². The zero-order valence-electron chi connectivity index (χ0n) is 12.4. The van der Waals surface area contributed by atoms with Crippen LogP contribution in [-0.4, -0.2) is 21.7 Å². The SMILES string of the molecule is O=C(Nc1cnc2ccccc2c1)c1c[nH]c2c1C(=O)CCC2. The molecule has 2 heterocycles. The van der Waals surface area contributed by atoms with Crippen molar-refractivity contribution in [2.75, 3.05) is 5.32 Å². The molecular weight excluding hydrogens is 290 g/mol. The molecule has 114 valence electrons. The second kappa shape index (κ2) is 5.35. The summed E-state index contributed by atoms with van der Waals surface area (Å²) >= 11 is 0. The lowest BCUT2D eigenvalue weighted by Crippen LogP contribution is -2.18. The Morgan fingerprint density at radius 3 is 3.00 bits per heavy atom. The lowest BCUT2D eigenvalue weighted by molar-refractivity contribution is 0.0956. The van der Waals surface area contributed by atoms with Crippen LogP contribution >= 0.6 is 0 Å². The average Bonchev–Trinajstić information content (AvgIpc) is 3.00. The van der Waals surface area contributed by atoms with Gasteiger partial charge >= 0.3 is 0 Å². The molecule has 0 aliphatic heterocycles. The average molecular weight is 305 g/mol. The van der Waals surface area contributed by atoms with E-state index in [2.05, 4.69) is 15.3 Å². The minimum Gasteiger partial charge on any atom is -0.364 e. The van der Waals surface area contributed by atoms with Crippen LogP contribution in [0.2, 0.25) is 0 Å². The van der Waals surface area contributed by atoms with Crippen molar-refractivity contribution in [2.45, 2.75) is 19.3 Å². The minimum atomic E-state index is -0.283. The van der Waals surface area contributed by atoms with Crippen LogP contribution < -0.4 is 5.32 Å². The van der Waals surface area contributed by atoms with Gasteiger partial charge in [-0.3, -0.25) is 14.6 Å². The number of anilines is 1. The van der Waals surface area contributed by atoms with E-state index in [1.807, 2.05) is 30.3 Å². The first-order chi connectivity index (χ1) is 11.2. The van der Waals surface area contributed by atoms with Gasteiger partial charge in [-0.25, -0.2) is 0 Å². The smallest absolute Gasteiger partial charge is 0.257 e. The molecule has 0 saturated heterocycles. The number of amides is 1. The van der Waals surface area contributed by atoms with E-state index in [0.717, 1.165) is 29.4 Å². The topological polar surface area (TPSA) is 74.8 Å². The van der Waals surface area contributed by atoms with Crippen LogP contribution in [0.15, 0.2) is 42.7 Å². The Morgan fingerprint density at radius 2 is 2.09 bits per heavy atom. The summed E-state index contributed by atoms with van der Waals surface area (Å²) in [7, 11) is 0. The Hall–Kier alpha value is -2.95. The van der Waals surface area contributed by atoms with E-state index in [4.69, 9.17) is 0 Å². The van der Waals surface area contributed by atoms with E-state index in [9.17, 15) is 9.59 Å². The quantitative estimate of drug-likeness (QED) is 0.762. The van der Waals surface area contributed by atoms with E-state index in [0.29, 0.717) is 23.2 Å². The lowest BCUT2D eigenvalue weighted by atomic mass is 9.93. The van der Waals surface area contributed by atoms with Crippen molar-refractivity contribution < 1.29 is 9.59 Å². The molecule has 0 fully saturated rings. The number of fused-ring (bicyclic) bond motifs is 2. The first-order valence-corrected chi connectivity index (χ1v) is 7.62. The Morgan fingerprint density at radius 1 is 1.22 bits per heavy atom. The molecule has 2 N–H and O–H groups in total. The molecule has 2 aromatic heterocycles. The number of aromatic nitrogens is 2. The van der Waals surface area contributed by atoms with Crippen LogP contribution in [-0.2, 0) is 6.42 Å². The third kappa shape index (κ3) is 2.40. The van der Waals surface area contributed by atoms with Crippen molar-refractivity contribution in [1.29, 1.82) is 0 Å². The van der Waals surface area contributed by atoms with Gasteiger partial charge in [-0.1, -0.05) is 18.2 Å². The Bertz CT molecular complexity index is 927. The predicted molar refractivity (Wildman–Crippen MR) is 87.8 cm³/mol. The Kier molecular flexibility index (Phi) is 3.19. The normalized spacial score (nSPS) is 13.8. The number of rotatable bonds is 2. The van der Waals surface area contributed by atoms with Crippen molar-refractivity contribution in [3.05, 3.63) is 59.5 Å². The van der Waals surface area contributed by atoms with Crippen molar-refractivity contribution in [3.8, 4) is 0 Å². The number of benzene rings is 1. The third-order valence-electron chi connectivity index (χ3n) is 4.16. The molecule has 4 rings (SSSR count). The number of aryl methyl sites for hydroxylation is 1. The fourth-order valence-corrected chi connectivity index (χ4v) is 3.05. The summed E-state index contributed by atoms with van der Waals surface area (Å²) < 4.78 is 0. The molecular formula is C18H15N3O2. The van der Waals surface area contributed by atoms with E-state index in [-0.39, 0.29) is 11.7 Å². The van der Waals surface area contributed by atoms with Crippen LogP contribution in [0.1, 0.15) is 39.3 Å². The number of carbonyl (C=O) groups is 2. The van der Waals surface area contributed by atoms with Crippen molar-refractivity contribution in [2.24, 2.45) is 0 Å². The lowest BCUT2D eigenvalue weighted by Gasteiger charge is -2.12. The molecule has 3 aromatic rings. The first-order valence-electron chi connectivity index (χ1n) is 7.62. The number of aromatic amines is 1. The second-order valence-corrected chi connectivity index (χ2v) is 5.70. The molecule has 0 atom stereocenters. The Labute approximate surface area is 132 Å². The van der Waals surface area contributed by atoms with E-state index < -0.39 is 0 Å². The zero-order valence-corrected chi connectivity index (χ0v) is 12.4. The van der Waals surface area contributed by atoms with Gasteiger partial charge in [0.2, 0.25) is 0 Å². The van der Waals surface area contributed by atoms with Gasteiger partial charge in [0.05, 0.1) is 28.5 Å². The largest absolute Gasteiger partial charge is 0.364 e. The first kappa shape index (κ1) is 13.7. The van der Waals surface area contributed by atoms with E-state index in [1.54, 1.807) is 12.4 Å². The van der Waals surface area contributed by atoms with Crippen LogP contribution in [0.25, 0.3) is 10.9 Å². The summed E-state index contributed by atoms with van der Waals surface area (Å²) in [6.45, 7) is 0. The van der Waals surface area contributed by atoms with Crippen LogP contribution in [0, 0.1) is 0 Å². The fraction of sp³-hybridized carbons (Fsp3) is 0.167. The number of nitrogens with one attached hydrogen (secondary N) is 2. The van der Waals surface area contributed by atoms with Crippen molar-refractivity contribution >= 4 is 28.3 Å². The zero-order chi connectivity index (χ0) is 15.8. The maximum absolute atomic E-state index is 12.5. The van der Waals surface area contributed by atoms with Crippen LogP contribution in [0.5, 0.6) is 0 Å².